The molecule has 0 amide bonds. The zero-order chi connectivity index (χ0) is 15.8. The molecular formula is C17H24FNO2. The number of hydrogen-bond donors (Lipinski definition) is 2. The number of carboxylic acid groups (broad SMARTS) is 1. The van der Waals surface area contributed by atoms with Crippen LogP contribution >= 0.6 is 0 Å². The smallest absolute Gasteiger partial charge is 0.335 e. The second-order valence-electron chi connectivity index (χ2n) is 7.75. The van der Waals surface area contributed by atoms with Crippen molar-refractivity contribution in [3.05, 3.63) is 29.6 Å². The second-order valence-corrected chi connectivity index (χ2v) is 7.75. The highest BCUT2D eigenvalue weighted by Crippen LogP contribution is 2.46. The van der Waals surface area contributed by atoms with Crippen molar-refractivity contribution in [1.82, 2.24) is 0 Å². The zero-order valence-corrected chi connectivity index (χ0v) is 13.2. The van der Waals surface area contributed by atoms with Crippen molar-refractivity contribution in [1.29, 1.82) is 0 Å². The number of benzene rings is 1. The molecule has 1 fully saturated rings. The molecular weight excluding hydrogens is 269 g/mol. The summed E-state index contributed by atoms with van der Waals surface area (Å²) in [6, 6.07) is 4.04. The highest BCUT2D eigenvalue weighted by atomic mass is 19.1. The average molecular weight is 293 g/mol. The number of aromatic carboxylic acids is 1. The predicted octanol–water partition coefficient (Wildman–Crippen LogP) is 4.54. The summed E-state index contributed by atoms with van der Waals surface area (Å²) in [4.78, 5) is 11.0. The van der Waals surface area contributed by atoms with Crippen LogP contribution < -0.4 is 5.32 Å². The molecule has 0 unspecified atom stereocenters. The summed E-state index contributed by atoms with van der Waals surface area (Å²) in [5.74, 6) is -1.44. The molecule has 0 atom stereocenters. The molecule has 21 heavy (non-hydrogen) atoms. The van der Waals surface area contributed by atoms with Gasteiger partial charge in [0.15, 0.2) is 0 Å². The van der Waals surface area contributed by atoms with E-state index in [1.807, 2.05) is 0 Å². The van der Waals surface area contributed by atoms with E-state index in [4.69, 9.17) is 5.11 Å². The first kappa shape index (κ1) is 15.8. The Hall–Kier alpha value is -1.58. The minimum Gasteiger partial charge on any atom is -0.478 e. The molecule has 116 valence electrons. The van der Waals surface area contributed by atoms with Gasteiger partial charge < -0.3 is 10.4 Å². The lowest BCUT2D eigenvalue weighted by molar-refractivity contribution is 0.0696. The average Bonchev–Trinajstić information content (AvgIpc) is 2.27. The minimum atomic E-state index is -1.04. The molecule has 1 aromatic rings. The molecule has 1 saturated carbocycles. The Bertz CT molecular complexity index is 536. The molecule has 0 spiro atoms. The summed E-state index contributed by atoms with van der Waals surface area (Å²) < 4.78 is 13.9. The number of nitrogens with one attached hydrogen (secondary N) is 1. The van der Waals surface area contributed by atoms with Crippen molar-refractivity contribution < 1.29 is 14.3 Å². The summed E-state index contributed by atoms with van der Waals surface area (Å²) in [6.45, 7) is 8.92. The lowest BCUT2D eigenvalue weighted by atomic mass is 9.63. The Kier molecular flexibility index (Phi) is 4.00. The third kappa shape index (κ3) is 3.96. The summed E-state index contributed by atoms with van der Waals surface area (Å²) in [6.07, 6.45) is 3.04. The first-order valence-electron chi connectivity index (χ1n) is 7.37. The van der Waals surface area contributed by atoms with Gasteiger partial charge in [-0.3, -0.25) is 0 Å². The van der Waals surface area contributed by atoms with E-state index in [0.29, 0.717) is 0 Å². The van der Waals surface area contributed by atoms with Gasteiger partial charge in [-0.15, -0.1) is 0 Å². The molecule has 1 aliphatic carbocycles. The summed E-state index contributed by atoms with van der Waals surface area (Å²) in [5, 5.41) is 12.2. The largest absolute Gasteiger partial charge is 0.478 e. The fourth-order valence-corrected chi connectivity index (χ4v) is 3.94. The maximum atomic E-state index is 13.9. The molecule has 0 bridgehead atoms. The van der Waals surface area contributed by atoms with Gasteiger partial charge in [-0.1, -0.05) is 27.7 Å². The fraction of sp³-hybridized carbons (Fsp3) is 0.588. The van der Waals surface area contributed by atoms with E-state index >= 15 is 0 Å². The SMILES string of the molecule is CC1(C)CC(Nc2cc(C(=O)O)ccc2F)CC(C)(C)C1. The van der Waals surface area contributed by atoms with Crippen molar-refractivity contribution in [2.75, 3.05) is 5.32 Å². The fourth-order valence-electron chi connectivity index (χ4n) is 3.94. The standard InChI is InChI=1S/C17H24FNO2/c1-16(2)8-12(9-17(3,4)10-16)19-14-7-11(15(20)21)5-6-13(14)18/h5-7,12,19H,8-10H2,1-4H3,(H,20,21). The lowest BCUT2D eigenvalue weighted by Gasteiger charge is -2.45. The number of carbonyl (C=O) groups is 1. The number of anilines is 1. The Labute approximate surface area is 125 Å². The summed E-state index contributed by atoms with van der Waals surface area (Å²) >= 11 is 0. The number of halogens is 1. The third-order valence-electron chi connectivity index (χ3n) is 4.13. The molecule has 0 aromatic heterocycles. The lowest BCUT2D eigenvalue weighted by Crippen LogP contribution is -2.40. The van der Waals surface area contributed by atoms with Gasteiger partial charge in [-0.05, 0) is 48.3 Å². The van der Waals surface area contributed by atoms with Gasteiger partial charge in [0, 0.05) is 6.04 Å². The molecule has 0 aliphatic heterocycles. The Morgan fingerprint density at radius 1 is 1.24 bits per heavy atom. The number of rotatable bonds is 3. The van der Waals surface area contributed by atoms with E-state index in [0.717, 1.165) is 19.3 Å². The van der Waals surface area contributed by atoms with Crippen LogP contribution in [0.25, 0.3) is 0 Å². The van der Waals surface area contributed by atoms with Gasteiger partial charge in [-0.2, -0.15) is 0 Å². The van der Waals surface area contributed by atoms with E-state index in [1.165, 1.54) is 18.2 Å². The van der Waals surface area contributed by atoms with Crippen molar-refractivity contribution in [3.8, 4) is 0 Å². The minimum absolute atomic E-state index is 0.105. The molecule has 0 radical (unpaired) electrons. The second kappa shape index (κ2) is 5.32. The maximum Gasteiger partial charge on any atom is 0.335 e. The van der Waals surface area contributed by atoms with Crippen LogP contribution in [0, 0.1) is 16.6 Å². The van der Waals surface area contributed by atoms with Gasteiger partial charge in [-0.25, -0.2) is 9.18 Å². The van der Waals surface area contributed by atoms with Crippen LogP contribution in [-0.4, -0.2) is 17.1 Å². The van der Waals surface area contributed by atoms with Crippen LogP contribution in [0.1, 0.15) is 57.3 Å². The molecule has 3 nitrogen and oxygen atoms in total. The highest BCUT2D eigenvalue weighted by Gasteiger charge is 2.38. The van der Waals surface area contributed by atoms with E-state index < -0.39 is 11.8 Å². The Balaban J connectivity index is 2.21. The third-order valence-corrected chi connectivity index (χ3v) is 4.13. The number of hydrogen-bond acceptors (Lipinski definition) is 2. The van der Waals surface area contributed by atoms with Gasteiger partial charge in [0.2, 0.25) is 0 Å². The summed E-state index contributed by atoms with van der Waals surface area (Å²) in [5.41, 5.74) is 0.780. The molecule has 1 aliphatic rings. The normalized spacial score (nSPS) is 21.0. The molecule has 0 heterocycles. The zero-order valence-electron chi connectivity index (χ0n) is 13.2. The van der Waals surface area contributed by atoms with Crippen LogP contribution in [0.4, 0.5) is 10.1 Å². The van der Waals surface area contributed by atoms with Gasteiger partial charge in [0.05, 0.1) is 11.3 Å². The maximum absolute atomic E-state index is 13.9. The Morgan fingerprint density at radius 3 is 2.33 bits per heavy atom. The molecule has 4 heteroatoms. The van der Waals surface area contributed by atoms with Gasteiger partial charge in [0.25, 0.3) is 0 Å². The molecule has 2 rings (SSSR count). The van der Waals surface area contributed by atoms with Crippen LogP contribution in [0.5, 0.6) is 0 Å². The van der Waals surface area contributed by atoms with Crippen LogP contribution in [0.2, 0.25) is 0 Å². The highest BCUT2D eigenvalue weighted by molar-refractivity contribution is 5.88. The van der Waals surface area contributed by atoms with Gasteiger partial charge >= 0.3 is 5.97 Å². The van der Waals surface area contributed by atoms with E-state index in [-0.39, 0.29) is 28.1 Å². The molecule has 1 aromatic carbocycles. The van der Waals surface area contributed by atoms with E-state index in [1.54, 1.807) is 0 Å². The van der Waals surface area contributed by atoms with Crippen molar-refractivity contribution in [2.24, 2.45) is 10.8 Å². The first-order valence-corrected chi connectivity index (χ1v) is 7.37. The van der Waals surface area contributed by atoms with Crippen molar-refractivity contribution in [2.45, 2.75) is 53.0 Å². The topological polar surface area (TPSA) is 49.3 Å². The first-order chi connectivity index (χ1) is 9.58. The van der Waals surface area contributed by atoms with Crippen LogP contribution in [0.15, 0.2) is 18.2 Å². The monoisotopic (exact) mass is 293 g/mol. The quantitative estimate of drug-likeness (QED) is 0.860. The van der Waals surface area contributed by atoms with E-state index in [9.17, 15) is 9.18 Å². The number of carboxylic acids is 1. The molecule has 2 N–H and O–H groups in total. The Morgan fingerprint density at radius 2 is 1.81 bits per heavy atom. The van der Waals surface area contributed by atoms with Crippen molar-refractivity contribution >= 4 is 11.7 Å². The van der Waals surface area contributed by atoms with Crippen molar-refractivity contribution in [3.63, 3.8) is 0 Å². The molecule has 0 saturated heterocycles. The van der Waals surface area contributed by atoms with Crippen LogP contribution in [0.3, 0.4) is 0 Å². The summed E-state index contributed by atoms with van der Waals surface area (Å²) in [7, 11) is 0. The predicted molar refractivity (Wildman–Crippen MR) is 82.2 cm³/mol. The van der Waals surface area contributed by atoms with Crippen LogP contribution in [-0.2, 0) is 0 Å². The van der Waals surface area contributed by atoms with E-state index in [2.05, 4.69) is 33.0 Å². The van der Waals surface area contributed by atoms with Gasteiger partial charge in [0.1, 0.15) is 5.82 Å².